The molecule has 2 fully saturated rings. The lowest BCUT2D eigenvalue weighted by Crippen LogP contribution is -2.43. The van der Waals surface area contributed by atoms with Crippen LogP contribution in [0, 0.1) is 11.3 Å². The third-order valence-corrected chi connectivity index (χ3v) is 4.98. The quantitative estimate of drug-likeness (QED) is 0.844. The fourth-order valence-electron chi connectivity index (χ4n) is 3.38. The normalized spacial score (nSPS) is 19.9. The van der Waals surface area contributed by atoms with Crippen molar-refractivity contribution in [2.75, 3.05) is 6.54 Å². The Bertz CT molecular complexity index is 567. The highest BCUT2D eigenvalue weighted by Gasteiger charge is 2.49. The predicted octanol–water partition coefficient (Wildman–Crippen LogP) is 2.85. The van der Waals surface area contributed by atoms with Gasteiger partial charge in [0.15, 0.2) is 5.76 Å². The lowest BCUT2D eigenvalue weighted by molar-refractivity contribution is 0.0693. The van der Waals surface area contributed by atoms with Crippen molar-refractivity contribution in [2.45, 2.75) is 45.4 Å². The number of nitrogens with one attached hydrogen (secondary N) is 1. The summed E-state index contributed by atoms with van der Waals surface area (Å²) in [7, 11) is 0. The fraction of sp³-hybridized carbons (Fsp3) is 0.625. The molecule has 0 radical (unpaired) electrons. The van der Waals surface area contributed by atoms with Crippen molar-refractivity contribution in [2.24, 2.45) is 11.3 Å². The minimum atomic E-state index is -1.05. The summed E-state index contributed by atoms with van der Waals surface area (Å²) in [6.07, 6.45) is 6.64. The maximum Gasteiger partial charge on any atom is 0.339 e. The van der Waals surface area contributed by atoms with Crippen molar-refractivity contribution in [3.63, 3.8) is 0 Å². The molecule has 0 aliphatic heterocycles. The lowest BCUT2D eigenvalue weighted by Gasteiger charge is -2.42. The van der Waals surface area contributed by atoms with Gasteiger partial charge < -0.3 is 14.8 Å². The number of amides is 1. The SMILES string of the molecule is CCc1oc(C(=O)NCC2(C3CC3)CCC2)cc1C(=O)O. The molecule has 0 spiro atoms. The average molecular weight is 291 g/mol. The molecule has 0 saturated heterocycles. The van der Waals surface area contributed by atoms with Crippen LogP contribution in [0.3, 0.4) is 0 Å². The Kier molecular flexibility index (Phi) is 3.51. The van der Waals surface area contributed by atoms with E-state index in [1.807, 2.05) is 6.92 Å². The third-order valence-electron chi connectivity index (χ3n) is 4.98. The van der Waals surface area contributed by atoms with E-state index < -0.39 is 5.97 Å². The molecule has 0 bridgehead atoms. The van der Waals surface area contributed by atoms with E-state index in [1.54, 1.807) is 0 Å². The van der Waals surface area contributed by atoms with E-state index in [2.05, 4.69) is 5.32 Å². The van der Waals surface area contributed by atoms with Gasteiger partial charge in [0.2, 0.25) is 0 Å². The van der Waals surface area contributed by atoms with Crippen LogP contribution in [-0.2, 0) is 6.42 Å². The zero-order valence-corrected chi connectivity index (χ0v) is 12.3. The highest BCUT2D eigenvalue weighted by Crippen LogP contribution is 2.56. The highest BCUT2D eigenvalue weighted by molar-refractivity contribution is 5.96. The van der Waals surface area contributed by atoms with Crippen LogP contribution in [-0.4, -0.2) is 23.5 Å². The fourth-order valence-corrected chi connectivity index (χ4v) is 3.38. The van der Waals surface area contributed by atoms with Crippen LogP contribution in [0.2, 0.25) is 0 Å². The molecule has 2 N–H and O–H groups in total. The van der Waals surface area contributed by atoms with Gasteiger partial charge in [-0.3, -0.25) is 4.79 Å². The number of aryl methyl sites for hydroxylation is 1. The zero-order valence-electron chi connectivity index (χ0n) is 12.3. The molecule has 1 amide bonds. The Labute approximate surface area is 123 Å². The molecule has 2 aliphatic carbocycles. The van der Waals surface area contributed by atoms with Crippen molar-refractivity contribution < 1.29 is 19.1 Å². The molecular weight excluding hydrogens is 270 g/mol. The summed E-state index contributed by atoms with van der Waals surface area (Å²) in [5.41, 5.74) is 0.383. The summed E-state index contributed by atoms with van der Waals surface area (Å²) < 4.78 is 5.39. The summed E-state index contributed by atoms with van der Waals surface area (Å²) in [5.74, 6) is -0.126. The largest absolute Gasteiger partial charge is 0.478 e. The van der Waals surface area contributed by atoms with Gasteiger partial charge in [-0.2, -0.15) is 0 Å². The summed E-state index contributed by atoms with van der Waals surface area (Å²) >= 11 is 0. The number of hydrogen-bond acceptors (Lipinski definition) is 3. The van der Waals surface area contributed by atoms with E-state index in [-0.39, 0.29) is 17.2 Å². The maximum absolute atomic E-state index is 12.2. The van der Waals surface area contributed by atoms with Crippen LogP contribution >= 0.6 is 0 Å². The Morgan fingerprint density at radius 1 is 1.43 bits per heavy atom. The van der Waals surface area contributed by atoms with Gasteiger partial charge in [-0.15, -0.1) is 0 Å². The minimum Gasteiger partial charge on any atom is -0.478 e. The van der Waals surface area contributed by atoms with Crippen LogP contribution in [0.5, 0.6) is 0 Å². The Morgan fingerprint density at radius 2 is 2.14 bits per heavy atom. The summed E-state index contributed by atoms with van der Waals surface area (Å²) in [5, 5.41) is 12.0. The number of carboxylic acids is 1. The van der Waals surface area contributed by atoms with E-state index in [0.29, 0.717) is 24.1 Å². The molecule has 5 nitrogen and oxygen atoms in total. The first-order chi connectivity index (χ1) is 10.1. The van der Waals surface area contributed by atoms with E-state index in [1.165, 1.54) is 38.2 Å². The molecule has 2 saturated carbocycles. The molecule has 1 heterocycles. The van der Waals surface area contributed by atoms with Gasteiger partial charge in [-0.25, -0.2) is 4.79 Å². The van der Waals surface area contributed by atoms with Crippen molar-refractivity contribution in [3.05, 3.63) is 23.2 Å². The molecule has 0 aromatic carbocycles. The van der Waals surface area contributed by atoms with Gasteiger partial charge in [0.25, 0.3) is 5.91 Å². The first kappa shape index (κ1) is 14.2. The molecule has 2 aliphatic rings. The van der Waals surface area contributed by atoms with E-state index in [0.717, 1.165) is 5.92 Å². The molecule has 114 valence electrons. The van der Waals surface area contributed by atoms with Gasteiger partial charge in [0.1, 0.15) is 11.3 Å². The van der Waals surface area contributed by atoms with Crippen LogP contribution in [0.1, 0.15) is 65.7 Å². The first-order valence-corrected chi connectivity index (χ1v) is 7.70. The lowest BCUT2D eigenvalue weighted by atomic mass is 9.65. The van der Waals surface area contributed by atoms with Crippen molar-refractivity contribution in [1.82, 2.24) is 5.32 Å². The monoisotopic (exact) mass is 291 g/mol. The van der Waals surface area contributed by atoms with Crippen LogP contribution in [0.15, 0.2) is 10.5 Å². The smallest absolute Gasteiger partial charge is 0.339 e. The van der Waals surface area contributed by atoms with E-state index >= 15 is 0 Å². The van der Waals surface area contributed by atoms with Gasteiger partial charge in [0, 0.05) is 19.0 Å². The Balaban J connectivity index is 1.66. The second-order valence-electron chi connectivity index (χ2n) is 6.28. The van der Waals surface area contributed by atoms with Gasteiger partial charge >= 0.3 is 5.97 Å². The van der Waals surface area contributed by atoms with Gasteiger partial charge in [-0.05, 0) is 37.0 Å². The van der Waals surface area contributed by atoms with Crippen LogP contribution in [0.4, 0.5) is 0 Å². The van der Waals surface area contributed by atoms with Gasteiger partial charge in [0.05, 0.1) is 0 Å². The molecular formula is C16H21NO4. The number of aromatic carboxylic acids is 1. The summed E-state index contributed by atoms with van der Waals surface area (Å²) in [6.45, 7) is 2.49. The zero-order chi connectivity index (χ0) is 15.0. The number of carbonyl (C=O) groups is 2. The third kappa shape index (κ3) is 2.57. The molecule has 21 heavy (non-hydrogen) atoms. The minimum absolute atomic E-state index is 0.0863. The maximum atomic E-state index is 12.2. The number of furan rings is 1. The second kappa shape index (κ2) is 5.20. The van der Waals surface area contributed by atoms with E-state index in [4.69, 9.17) is 9.52 Å². The Hall–Kier alpha value is -1.78. The highest BCUT2D eigenvalue weighted by atomic mass is 16.4. The number of carboxylic acid groups (broad SMARTS) is 1. The Morgan fingerprint density at radius 3 is 2.57 bits per heavy atom. The van der Waals surface area contributed by atoms with Crippen molar-refractivity contribution in [3.8, 4) is 0 Å². The topological polar surface area (TPSA) is 79.5 Å². The number of carbonyl (C=O) groups excluding carboxylic acids is 1. The molecule has 0 unspecified atom stereocenters. The summed E-state index contributed by atoms with van der Waals surface area (Å²) in [4.78, 5) is 23.3. The van der Waals surface area contributed by atoms with Crippen molar-refractivity contribution in [1.29, 1.82) is 0 Å². The first-order valence-electron chi connectivity index (χ1n) is 7.70. The summed E-state index contributed by atoms with van der Waals surface area (Å²) in [6, 6.07) is 1.33. The standard InChI is InChI=1S/C16H21NO4/c1-2-12-11(15(19)20)8-13(21-12)14(18)17-9-16(6-3-7-16)10-4-5-10/h8,10H,2-7,9H2,1H3,(H,17,18)(H,19,20). The molecule has 1 aromatic rings. The average Bonchev–Trinajstić information content (AvgIpc) is 3.15. The second-order valence-corrected chi connectivity index (χ2v) is 6.28. The molecule has 1 aromatic heterocycles. The molecule has 5 heteroatoms. The number of hydrogen-bond donors (Lipinski definition) is 2. The van der Waals surface area contributed by atoms with Gasteiger partial charge in [-0.1, -0.05) is 13.3 Å². The van der Waals surface area contributed by atoms with Crippen molar-refractivity contribution >= 4 is 11.9 Å². The van der Waals surface area contributed by atoms with E-state index in [9.17, 15) is 9.59 Å². The van der Waals surface area contributed by atoms with Crippen LogP contribution < -0.4 is 5.32 Å². The van der Waals surface area contributed by atoms with Crippen LogP contribution in [0.25, 0.3) is 0 Å². The molecule has 0 atom stereocenters. The molecule has 3 rings (SSSR count). The predicted molar refractivity (Wildman–Crippen MR) is 76.4 cm³/mol. The number of rotatable bonds is 6.